The van der Waals surface area contributed by atoms with E-state index in [1.54, 1.807) is 12.1 Å². The lowest BCUT2D eigenvalue weighted by Gasteiger charge is -2.11. The van der Waals surface area contributed by atoms with E-state index in [-0.39, 0.29) is 13.2 Å². The number of aliphatic hydroxyl groups is 1. The van der Waals surface area contributed by atoms with Crippen molar-refractivity contribution in [2.24, 2.45) is 0 Å². The second kappa shape index (κ2) is 4.57. The van der Waals surface area contributed by atoms with Crippen molar-refractivity contribution in [3.63, 3.8) is 0 Å². The fourth-order valence-corrected chi connectivity index (χ4v) is 1.05. The van der Waals surface area contributed by atoms with E-state index in [4.69, 9.17) is 26.0 Å². The Morgan fingerprint density at radius 3 is 2.43 bits per heavy atom. The van der Waals surface area contributed by atoms with Gasteiger partial charge in [0, 0.05) is 6.07 Å². The predicted octanol–water partition coefficient (Wildman–Crippen LogP) is 0.231. The lowest BCUT2D eigenvalue weighted by atomic mass is 10.2. The third-order valence-electron chi connectivity index (χ3n) is 1.71. The fraction of sp³-hybridized carbons (Fsp3) is 0.333. The summed E-state index contributed by atoms with van der Waals surface area (Å²) in [5.41, 5.74) is 12.2. The average Bonchev–Trinajstić information content (AvgIpc) is 2.17. The van der Waals surface area contributed by atoms with Gasteiger partial charge in [0.1, 0.15) is 18.1 Å². The molecule has 78 valence electrons. The van der Waals surface area contributed by atoms with E-state index >= 15 is 0 Å². The zero-order valence-electron chi connectivity index (χ0n) is 7.99. The van der Waals surface area contributed by atoms with Crippen molar-refractivity contribution in [1.29, 1.82) is 0 Å². The van der Waals surface area contributed by atoms with Crippen molar-refractivity contribution in [2.75, 3.05) is 31.8 Å². The molecule has 1 aromatic carbocycles. The van der Waals surface area contributed by atoms with Gasteiger partial charge in [0.2, 0.25) is 0 Å². The van der Waals surface area contributed by atoms with Gasteiger partial charge in [-0.05, 0) is 6.07 Å². The first kappa shape index (κ1) is 10.5. The molecule has 0 aliphatic rings. The van der Waals surface area contributed by atoms with E-state index in [0.29, 0.717) is 22.9 Å². The number of nitrogen functional groups attached to an aromatic ring is 2. The number of methoxy groups -OCH3 is 1. The molecule has 5 nitrogen and oxygen atoms in total. The van der Waals surface area contributed by atoms with Gasteiger partial charge in [0.15, 0.2) is 0 Å². The zero-order chi connectivity index (χ0) is 10.6. The van der Waals surface area contributed by atoms with E-state index < -0.39 is 0 Å². The van der Waals surface area contributed by atoms with Crippen LogP contribution in [-0.4, -0.2) is 25.4 Å². The fourth-order valence-electron chi connectivity index (χ4n) is 1.05. The SMILES string of the molecule is COc1cc(OCCO)c(N)cc1N. The molecule has 1 rings (SSSR count). The van der Waals surface area contributed by atoms with Crippen LogP contribution in [0.3, 0.4) is 0 Å². The van der Waals surface area contributed by atoms with Crippen LogP contribution in [0.15, 0.2) is 12.1 Å². The van der Waals surface area contributed by atoms with E-state index in [0.717, 1.165) is 0 Å². The number of hydrogen-bond donors (Lipinski definition) is 3. The number of hydrogen-bond acceptors (Lipinski definition) is 5. The second-order valence-electron chi connectivity index (χ2n) is 2.70. The monoisotopic (exact) mass is 198 g/mol. The summed E-state index contributed by atoms with van der Waals surface area (Å²) in [4.78, 5) is 0. The van der Waals surface area contributed by atoms with Gasteiger partial charge in [0.25, 0.3) is 0 Å². The minimum atomic E-state index is -0.0634. The topological polar surface area (TPSA) is 90.7 Å². The summed E-state index contributed by atoms with van der Waals surface area (Å²) in [5, 5.41) is 8.58. The normalized spacial score (nSPS) is 9.86. The lowest BCUT2D eigenvalue weighted by molar-refractivity contribution is 0.201. The molecule has 0 aliphatic carbocycles. The standard InChI is InChI=1S/C9H14N2O3/c1-13-8-5-9(14-3-2-12)7(11)4-6(8)10/h4-5,12H,2-3,10-11H2,1H3. The highest BCUT2D eigenvalue weighted by molar-refractivity contribution is 5.67. The van der Waals surface area contributed by atoms with E-state index in [9.17, 15) is 0 Å². The molecule has 0 heterocycles. The van der Waals surface area contributed by atoms with Gasteiger partial charge < -0.3 is 26.0 Å². The van der Waals surface area contributed by atoms with Crippen LogP contribution in [0.25, 0.3) is 0 Å². The van der Waals surface area contributed by atoms with Crippen molar-refractivity contribution in [3.8, 4) is 11.5 Å². The summed E-state index contributed by atoms with van der Waals surface area (Å²) in [6.45, 7) is 0.128. The minimum absolute atomic E-state index is 0.0634. The molecule has 5 N–H and O–H groups in total. The Bertz CT molecular complexity index is 315. The third kappa shape index (κ3) is 2.20. The average molecular weight is 198 g/mol. The van der Waals surface area contributed by atoms with Crippen LogP contribution >= 0.6 is 0 Å². The van der Waals surface area contributed by atoms with Crippen molar-refractivity contribution in [1.82, 2.24) is 0 Å². The number of nitrogens with two attached hydrogens (primary N) is 2. The van der Waals surface area contributed by atoms with Gasteiger partial charge in [-0.3, -0.25) is 0 Å². The van der Waals surface area contributed by atoms with Crippen molar-refractivity contribution in [2.45, 2.75) is 0 Å². The molecule has 1 aromatic rings. The molecule has 0 amide bonds. The molecule has 0 aromatic heterocycles. The quantitative estimate of drug-likeness (QED) is 0.602. The van der Waals surface area contributed by atoms with E-state index in [2.05, 4.69) is 0 Å². The first-order valence-electron chi connectivity index (χ1n) is 4.15. The molecule has 0 spiro atoms. The molecule has 14 heavy (non-hydrogen) atoms. The molecule has 0 bridgehead atoms. The first-order chi connectivity index (χ1) is 6.69. The summed E-state index contributed by atoms with van der Waals surface area (Å²) in [6.07, 6.45) is 0. The molecule has 5 heteroatoms. The van der Waals surface area contributed by atoms with Crippen molar-refractivity contribution in [3.05, 3.63) is 12.1 Å². The number of aliphatic hydroxyl groups excluding tert-OH is 1. The van der Waals surface area contributed by atoms with Crippen molar-refractivity contribution < 1.29 is 14.6 Å². The highest BCUT2D eigenvalue weighted by atomic mass is 16.5. The Balaban J connectivity index is 2.92. The molecular weight excluding hydrogens is 184 g/mol. The highest BCUT2D eigenvalue weighted by Gasteiger charge is 2.06. The Morgan fingerprint density at radius 1 is 1.21 bits per heavy atom. The summed E-state index contributed by atoms with van der Waals surface area (Å²) in [6, 6.07) is 3.16. The van der Waals surface area contributed by atoms with Gasteiger partial charge in [-0.2, -0.15) is 0 Å². The van der Waals surface area contributed by atoms with Crippen LogP contribution in [0.4, 0.5) is 11.4 Å². The third-order valence-corrected chi connectivity index (χ3v) is 1.71. The van der Waals surface area contributed by atoms with Crippen LogP contribution in [0.2, 0.25) is 0 Å². The Hall–Kier alpha value is -1.62. The number of benzene rings is 1. The maximum Gasteiger partial charge on any atom is 0.146 e. The maximum atomic E-state index is 8.58. The van der Waals surface area contributed by atoms with Crippen LogP contribution in [0, 0.1) is 0 Å². The molecule has 0 aliphatic heterocycles. The first-order valence-corrected chi connectivity index (χ1v) is 4.15. The summed E-state index contributed by atoms with van der Waals surface area (Å²) in [5.74, 6) is 0.970. The maximum absolute atomic E-state index is 8.58. The smallest absolute Gasteiger partial charge is 0.146 e. The van der Waals surface area contributed by atoms with Gasteiger partial charge in [0.05, 0.1) is 25.1 Å². The molecule has 0 saturated carbocycles. The Morgan fingerprint density at radius 2 is 1.86 bits per heavy atom. The summed E-state index contributed by atoms with van der Waals surface area (Å²) in [7, 11) is 1.51. The molecule has 0 saturated heterocycles. The van der Waals surface area contributed by atoms with E-state index in [1.165, 1.54) is 7.11 Å². The molecule has 0 unspecified atom stereocenters. The van der Waals surface area contributed by atoms with Crippen LogP contribution in [-0.2, 0) is 0 Å². The lowest BCUT2D eigenvalue weighted by Crippen LogP contribution is -2.05. The van der Waals surface area contributed by atoms with Crippen LogP contribution in [0.5, 0.6) is 11.5 Å². The van der Waals surface area contributed by atoms with Gasteiger partial charge in [-0.1, -0.05) is 0 Å². The number of rotatable bonds is 4. The van der Waals surface area contributed by atoms with Crippen LogP contribution in [0.1, 0.15) is 0 Å². The molecule has 0 fully saturated rings. The van der Waals surface area contributed by atoms with Gasteiger partial charge >= 0.3 is 0 Å². The Kier molecular flexibility index (Phi) is 3.41. The largest absolute Gasteiger partial charge is 0.494 e. The van der Waals surface area contributed by atoms with Gasteiger partial charge in [-0.25, -0.2) is 0 Å². The summed E-state index contributed by atoms with van der Waals surface area (Å²) >= 11 is 0. The molecule has 0 atom stereocenters. The second-order valence-corrected chi connectivity index (χ2v) is 2.70. The number of anilines is 2. The molecule has 0 radical (unpaired) electrons. The van der Waals surface area contributed by atoms with Crippen molar-refractivity contribution >= 4 is 11.4 Å². The molecular formula is C9H14N2O3. The highest BCUT2D eigenvalue weighted by Crippen LogP contribution is 2.32. The Labute approximate surface area is 82.2 Å². The van der Waals surface area contributed by atoms with Gasteiger partial charge in [-0.15, -0.1) is 0 Å². The summed E-state index contributed by atoms with van der Waals surface area (Å²) < 4.78 is 10.2. The zero-order valence-corrected chi connectivity index (χ0v) is 7.99. The van der Waals surface area contributed by atoms with Crippen LogP contribution < -0.4 is 20.9 Å². The van der Waals surface area contributed by atoms with E-state index in [1.807, 2.05) is 0 Å². The number of ether oxygens (including phenoxy) is 2. The predicted molar refractivity (Wildman–Crippen MR) is 54.4 cm³/mol. The minimum Gasteiger partial charge on any atom is -0.494 e.